The Hall–Kier alpha value is -1.40. The van der Waals surface area contributed by atoms with Gasteiger partial charge < -0.3 is 15.0 Å². The number of rotatable bonds is 4. The van der Waals surface area contributed by atoms with Gasteiger partial charge in [-0.3, -0.25) is 0 Å². The summed E-state index contributed by atoms with van der Waals surface area (Å²) in [5.74, 6) is 1.35. The summed E-state index contributed by atoms with van der Waals surface area (Å²) in [5.41, 5.74) is 5.66. The van der Waals surface area contributed by atoms with Crippen molar-refractivity contribution < 1.29 is 9.26 Å². The number of aromatic nitrogens is 2. The number of nitrogen functional groups attached to an aromatic ring is 1. The van der Waals surface area contributed by atoms with Crippen LogP contribution >= 0.6 is 11.3 Å². The predicted molar refractivity (Wildman–Crippen MR) is 66.6 cm³/mol. The second-order valence-corrected chi connectivity index (χ2v) is 5.18. The van der Waals surface area contributed by atoms with Gasteiger partial charge in [-0.15, -0.1) is 11.3 Å². The van der Waals surface area contributed by atoms with E-state index in [2.05, 4.69) is 10.1 Å². The smallest absolute Gasteiger partial charge is 0.268 e. The van der Waals surface area contributed by atoms with Crippen LogP contribution in [-0.2, 0) is 4.74 Å². The number of ether oxygens (including phenoxy) is 1. The third-order valence-corrected chi connectivity index (χ3v) is 3.30. The number of thiophene rings is 1. The molecule has 0 saturated carbocycles. The molecule has 0 saturated heterocycles. The molecule has 0 radical (unpaired) electrons. The van der Waals surface area contributed by atoms with Crippen molar-refractivity contribution in [2.45, 2.75) is 20.0 Å². The van der Waals surface area contributed by atoms with E-state index in [0.717, 1.165) is 9.88 Å². The van der Waals surface area contributed by atoms with E-state index in [0.29, 0.717) is 17.6 Å². The number of methoxy groups -OCH3 is 1. The van der Waals surface area contributed by atoms with Gasteiger partial charge in [-0.1, -0.05) is 19.0 Å². The highest BCUT2D eigenvalue weighted by Gasteiger charge is 2.22. The van der Waals surface area contributed by atoms with Gasteiger partial charge in [0.2, 0.25) is 5.82 Å². The first-order chi connectivity index (χ1) is 8.11. The molecule has 0 aliphatic carbocycles. The molecule has 2 heterocycles. The maximum absolute atomic E-state index is 5.66. The monoisotopic (exact) mass is 253 g/mol. The van der Waals surface area contributed by atoms with E-state index < -0.39 is 0 Å². The molecule has 2 aromatic heterocycles. The van der Waals surface area contributed by atoms with Gasteiger partial charge in [-0.05, 0) is 18.1 Å². The summed E-state index contributed by atoms with van der Waals surface area (Å²) < 4.78 is 10.6. The van der Waals surface area contributed by atoms with E-state index in [1.54, 1.807) is 7.11 Å². The third-order valence-electron chi connectivity index (χ3n) is 2.39. The summed E-state index contributed by atoms with van der Waals surface area (Å²) in [5, 5.41) is 4.68. The molecule has 2 rings (SSSR count). The van der Waals surface area contributed by atoms with Crippen LogP contribution in [0.2, 0.25) is 0 Å². The van der Waals surface area contributed by atoms with Gasteiger partial charge in [-0.2, -0.15) is 4.98 Å². The van der Waals surface area contributed by atoms with Crippen LogP contribution < -0.4 is 5.73 Å². The molecule has 0 fully saturated rings. The number of anilines is 1. The van der Waals surface area contributed by atoms with Crippen LogP contribution in [0.5, 0.6) is 0 Å². The normalized spacial score (nSPS) is 13.2. The molecule has 0 aliphatic rings. The average molecular weight is 253 g/mol. The molecule has 0 bridgehead atoms. The Morgan fingerprint density at radius 3 is 2.71 bits per heavy atom. The highest BCUT2D eigenvalue weighted by molar-refractivity contribution is 7.19. The van der Waals surface area contributed by atoms with Crippen LogP contribution in [0.4, 0.5) is 5.00 Å². The highest BCUT2D eigenvalue weighted by Crippen LogP contribution is 2.30. The maximum atomic E-state index is 5.66. The molecule has 92 valence electrons. The lowest BCUT2D eigenvalue weighted by atomic mass is 10.1. The lowest BCUT2D eigenvalue weighted by Gasteiger charge is -2.14. The van der Waals surface area contributed by atoms with Gasteiger partial charge in [0.05, 0.1) is 9.88 Å². The number of hydrogen-bond donors (Lipinski definition) is 1. The van der Waals surface area contributed by atoms with E-state index in [1.165, 1.54) is 11.3 Å². The summed E-state index contributed by atoms with van der Waals surface area (Å²) in [6.45, 7) is 4.10. The first-order valence-electron chi connectivity index (χ1n) is 5.34. The van der Waals surface area contributed by atoms with Crippen LogP contribution in [-0.4, -0.2) is 17.3 Å². The Morgan fingerprint density at radius 1 is 1.41 bits per heavy atom. The molecule has 6 heteroatoms. The fourth-order valence-electron chi connectivity index (χ4n) is 1.59. The third kappa shape index (κ3) is 2.48. The Labute approximate surface area is 104 Å². The Kier molecular flexibility index (Phi) is 3.44. The van der Waals surface area contributed by atoms with Gasteiger partial charge >= 0.3 is 0 Å². The van der Waals surface area contributed by atoms with E-state index in [-0.39, 0.29) is 6.10 Å². The van der Waals surface area contributed by atoms with Crippen molar-refractivity contribution in [1.82, 2.24) is 10.1 Å². The molecule has 0 aromatic carbocycles. The molecule has 1 unspecified atom stereocenters. The molecule has 1 atom stereocenters. The minimum absolute atomic E-state index is 0.148. The first-order valence-corrected chi connectivity index (χ1v) is 6.15. The molecular weight excluding hydrogens is 238 g/mol. The van der Waals surface area contributed by atoms with Crippen molar-refractivity contribution in [3.05, 3.63) is 18.0 Å². The fraction of sp³-hybridized carbons (Fsp3) is 0.455. The topological polar surface area (TPSA) is 74.2 Å². The molecule has 2 N–H and O–H groups in total. The summed E-state index contributed by atoms with van der Waals surface area (Å²) in [7, 11) is 1.64. The van der Waals surface area contributed by atoms with Crippen LogP contribution in [0.15, 0.2) is 16.7 Å². The number of nitrogens with two attached hydrogens (primary N) is 1. The molecule has 0 amide bonds. The molecule has 0 aliphatic heterocycles. The van der Waals surface area contributed by atoms with Crippen LogP contribution in [0.3, 0.4) is 0 Å². The van der Waals surface area contributed by atoms with E-state index in [9.17, 15) is 0 Å². The quantitative estimate of drug-likeness (QED) is 0.906. The largest absolute Gasteiger partial charge is 0.391 e. The fourth-order valence-corrected chi connectivity index (χ4v) is 2.29. The van der Waals surface area contributed by atoms with Crippen LogP contribution in [0.25, 0.3) is 10.8 Å². The zero-order valence-electron chi connectivity index (χ0n) is 10.0. The second kappa shape index (κ2) is 4.85. The zero-order valence-corrected chi connectivity index (χ0v) is 10.8. The van der Waals surface area contributed by atoms with E-state index >= 15 is 0 Å². The lowest BCUT2D eigenvalue weighted by Crippen LogP contribution is -2.10. The molecule has 5 nitrogen and oxygen atoms in total. The van der Waals surface area contributed by atoms with Crippen molar-refractivity contribution in [2.24, 2.45) is 5.92 Å². The standard InChI is InChI=1S/C11H15N3O2S/c1-6(2)9(15-3)10-13-11(16-14-10)7-4-5-8(12)17-7/h4-6,9H,12H2,1-3H3. The van der Waals surface area contributed by atoms with Crippen LogP contribution in [0.1, 0.15) is 25.8 Å². The lowest BCUT2D eigenvalue weighted by molar-refractivity contribution is 0.0556. The van der Waals surface area contributed by atoms with Crippen molar-refractivity contribution in [1.29, 1.82) is 0 Å². The maximum Gasteiger partial charge on any atom is 0.268 e. The van der Waals surface area contributed by atoms with Gasteiger partial charge in [0, 0.05) is 7.11 Å². The number of hydrogen-bond acceptors (Lipinski definition) is 6. The second-order valence-electron chi connectivity index (χ2n) is 4.06. The minimum atomic E-state index is -0.148. The summed E-state index contributed by atoms with van der Waals surface area (Å²) in [6.07, 6.45) is -0.148. The van der Waals surface area contributed by atoms with E-state index in [4.69, 9.17) is 15.0 Å². The van der Waals surface area contributed by atoms with Gasteiger partial charge in [0.15, 0.2) is 0 Å². The van der Waals surface area contributed by atoms with Gasteiger partial charge in [0.1, 0.15) is 6.10 Å². The van der Waals surface area contributed by atoms with Crippen molar-refractivity contribution >= 4 is 16.3 Å². The number of nitrogens with zero attached hydrogens (tertiary/aromatic N) is 2. The Balaban J connectivity index is 2.26. The molecule has 17 heavy (non-hydrogen) atoms. The van der Waals surface area contributed by atoms with Gasteiger partial charge in [0.25, 0.3) is 5.89 Å². The Morgan fingerprint density at radius 2 is 2.18 bits per heavy atom. The van der Waals surface area contributed by atoms with Crippen molar-refractivity contribution in [2.75, 3.05) is 12.8 Å². The molecular formula is C11H15N3O2S. The average Bonchev–Trinajstić information content (AvgIpc) is 2.87. The molecule has 2 aromatic rings. The van der Waals surface area contributed by atoms with Gasteiger partial charge in [-0.25, -0.2) is 0 Å². The molecule has 0 spiro atoms. The van der Waals surface area contributed by atoms with Crippen LogP contribution in [0, 0.1) is 5.92 Å². The summed E-state index contributed by atoms with van der Waals surface area (Å²) >= 11 is 1.42. The summed E-state index contributed by atoms with van der Waals surface area (Å²) in [6, 6.07) is 3.69. The predicted octanol–water partition coefficient (Wildman–Crippen LogP) is 2.72. The SMILES string of the molecule is COC(c1noc(-c2ccc(N)s2)n1)C(C)C. The highest BCUT2D eigenvalue weighted by atomic mass is 32.1. The minimum Gasteiger partial charge on any atom is -0.391 e. The van der Waals surface area contributed by atoms with Crippen molar-refractivity contribution in [3.8, 4) is 10.8 Å². The Bertz CT molecular complexity index is 492. The van der Waals surface area contributed by atoms with Crippen molar-refractivity contribution in [3.63, 3.8) is 0 Å². The van der Waals surface area contributed by atoms with E-state index in [1.807, 2.05) is 26.0 Å². The zero-order chi connectivity index (χ0) is 12.4. The first kappa shape index (κ1) is 12.1. The summed E-state index contributed by atoms with van der Waals surface area (Å²) in [4.78, 5) is 5.21.